The van der Waals surface area contributed by atoms with Crippen LogP contribution in [0.25, 0.3) is 0 Å². The van der Waals surface area contributed by atoms with E-state index in [-0.39, 0.29) is 12.1 Å². The Morgan fingerprint density at radius 3 is 2.67 bits per heavy atom. The van der Waals surface area contributed by atoms with Gasteiger partial charge in [-0.2, -0.15) is 0 Å². The highest BCUT2D eigenvalue weighted by Crippen LogP contribution is 2.07. The maximum Gasteiger partial charge on any atom is 0.303 e. The number of carbonyl (C=O) groups is 1. The second-order valence-electron chi connectivity index (χ2n) is 4.01. The minimum atomic E-state index is -0.278. The minimum Gasteiger partial charge on any atom is -0.458 e. The van der Waals surface area contributed by atoms with Crippen molar-refractivity contribution >= 4 is 5.97 Å². The van der Waals surface area contributed by atoms with E-state index in [9.17, 15) is 4.79 Å². The largest absolute Gasteiger partial charge is 0.458 e. The van der Waals surface area contributed by atoms with E-state index in [1.54, 1.807) is 19.1 Å². The van der Waals surface area contributed by atoms with Gasteiger partial charge in [0.15, 0.2) is 0 Å². The van der Waals surface area contributed by atoms with Crippen LogP contribution in [0.1, 0.15) is 33.1 Å². The Labute approximate surface area is 128 Å². The lowest BCUT2D eigenvalue weighted by Gasteiger charge is -2.11. The second kappa shape index (κ2) is 13.8. The molecule has 0 aromatic carbocycles. The normalized spacial score (nSPS) is 10.6. The van der Waals surface area contributed by atoms with Crippen LogP contribution >= 0.6 is 0 Å². The van der Waals surface area contributed by atoms with Crippen molar-refractivity contribution in [2.75, 3.05) is 0 Å². The molecule has 2 heteroatoms. The second-order valence-corrected chi connectivity index (χ2v) is 4.01. The zero-order valence-corrected chi connectivity index (χ0v) is 12.6. The van der Waals surface area contributed by atoms with Gasteiger partial charge >= 0.3 is 5.97 Å². The standard InChI is InChI=1S/C19H20O2/c1-4-6-8-9-10-11-12-13-15-17-19(21-18(3)20)16-14-7-5-2/h5,12-13,15,17,19H,2,7,14,16H2,1,3H3. The predicted octanol–water partition coefficient (Wildman–Crippen LogP) is 3.42. The molecule has 0 aromatic heterocycles. The van der Waals surface area contributed by atoms with E-state index in [2.05, 4.69) is 42.1 Å². The zero-order valence-electron chi connectivity index (χ0n) is 12.6. The van der Waals surface area contributed by atoms with E-state index in [1.807, 2.05) is 18.2 Å². The lowest BCUT2D eigenvalue weighted by molar-refractivity contribution is -0.144. The Hall–Kier alpha value is -2.63. The molecule has 21 heavy (non-hydrogen) atoms. The van der Waals surface area contributed by atoms with Crippen LogP contribution in [-0.2, 0) is 9.53 Å². The number of ether oxygens (including phenoxy) is 1. The van der Waals surface area contributed by atoms with E-state index >= 15 is 0 Å². The summed E-state index contributed by atoms with van der Waals surface area (Å²) in [6.07, 6.45) is 11.4. The molecule has 0 saturated heterocycles. The first kappa shape index (κ1) is 18.4. The van der Waals surface area contributed by atoms with Crippen molar-refractivity contribution < 1.29 is 9.53 Å². The molecule has 1 atom stereocenters. The van der Waals surface area contributed by atoms with Gasteiger partial charge in [-0.3, -0.25) is 4.79 Å². The van der Waals surface area contributed by atoms with Crippen molar-refractivity contribution in [2.24, 2.45) is 0 Å². The Balaban J connectivity index is 4.34. The van der Waals surface area contributed by atoms with Gasteiger partial charge in [0.25, 0.3) is 0 Å². The molecule has 0 amide bonds. The Kier molecular flexibility index (Phi) is 12.1. The number of rotatable bonds is 7. The molecule has 0 aliphatic heterocycles. The number of allylic oxidation sites excluding steroid dienone is 4. The average Bonchev–Trinajstić information content (AvgIpc) is 2.45. The molecule has 0 aliphatic carbocycles. The lowest BCUT2D eigenvalue weighted by atomic mass is 10.1. The van der Waals surface area contributed by atoms with Crippen molar-refractivity contribution in [2.45, 2.75) is 39.2 Å². The minimum absolute atomic E-state index is 0.209. The number of esters is 1. The van der Waals surface area contributed by atoms with Crippen molar-refractivity contribution in [3.63, 3.8) is 0 Å². The number of hydrogen-bond acceptors (Lipinski definition) is 2. The summed E-state index contributed by atoms with van der Waals surface area (Å²) < 4.78 is 5.20. The van der Waals surface area contributed by atoms with E-state index in [0.29, 0.717) is 0 Å². The quantitative estimate of drug-likeness (QED) is 0.235. The van der Waals surface area contributed by atoms with Crippen LogP contribution in [0.15, 0.2) is 37.0 Å². The summed E-state index contributed by atoms with van der Waals surface area (Å²) in [6, 6.07) is 0. The third-order valence-corrected chi connectivity index (χ3v) is 2.22. The van der Waals surface area contributed by atoms with Gasteiger partial charge in [0, 0.05) is 6.92 Å². The molecule has 0 bridgehead atoms. The average molecular weight is 280 g/mol. The summed E-state index contributed by atoms with van der Waals surface area (Å²) in [5.74, 6) is 15.6. The third kappa shape index (κ3) is 13.6. The maximum absolute atomic E-state index is 11.0. The van der Waals surface area contributed by atoms with Gasteiger partial charge < -0.3 is 4.74 Å². The third-order valence-electron chi connectivity index (χ3n) is 2.22. The summed E-state index contributed by atoms with van der Waals surface area (Å²) >= 11 is 0. The molecule has 2 nitrogen and oxygen atoms in total. The molecule has 108 valence electrons. The number of carbonyl (C=O) groups excluding carboxylic acids is 1. The molecule has 1 unspecified atom stereocenters. The Morgan fingerprint density at radius 2 is 2.00 bits per heavy atom. The van der Waals surface area contributed by atoms with Gasteiger partial charge in [-0.25, -0.2) is 0 Å². The van der Waals surface area contributed by atoms with E-state index < -0.39 is 0 Å². The van der Waals surface area contributed by atoms with Gasteiger partial charge in [0.05, 0.1) is 0 Å². The molecule has 0 heterocycles. The molecule has 0 radical (unpaired) electrons. The van der Waals surface area contributed by atoms with Crippen molar-refractivity contribution in [3.05, 3.63) is 37.0 Å². The fourth-order valence-corrected chi connectivity index (χ4v) is 1.37. The van der Waals surface area contributed by atoms with Gasteiger partial charge in [-0.1, -0.05) is 30.1 Å². The highest BCUT2D eigenvalue weighted by atomic mass is 16.5. The van der Waals surface area contributed by atoms with Crippen molar-refractivity contribution in [3.8, 4) is 35.5 Å². The summed E-state index contributed by atoms with van der Waals surface area (Å²) in [4.78, 5) is 11.0. The summed E-state index contributed by atoms with van der Waals surface area (Å²) in [5.41, 5.74) is 0. The first-order chi connectivity index (χ1) is 10.2. The van der Waals surface area contributed by atoms with Crippen LogP contribution < -0.4 is 0 Å². The van der Waals surface area contributed by atoms with Gasteiger partial charge in [0.1, 0.15) is 6.10 Å². The number of unbranched alkanes of at least 4 members (excludes halogenated alkanes) is 1. The smallest absolute Gasteiger partial charge is 0.303 e. The highest BCUT2D eigenvalue weighted by molar-refractivity contribution is 5.66. The molecular weight excluding hydrogens is 260 g/mol. The number of hydrogen-bond donors (Lipinski definition) is 0. The maximum atomic E-state index is 11.0. The first-order valence-corrected chi connectivity index (χ1v) is 6.74. The Morgan fingerprint density at radius 1 is 1.24 bits per heavy atom. The highest BCUT2D eigenvalue weighted by Gasteiger charge is 2.06. The van der Waals surface area contributed by atoms with Crippen LogP contribution in [0.4, 0.5) is 0 Å². The molecule has 0 fully saturated rings. The molecule has 0 aromatic rings. The fourth-order valence-electron chi connectivity index (χ4n) is 1.37. The monoisotopic (exact) mass is 280 g/mol. The molecule has 0 saturated carbocycles. The van der Waals surface area contributed by atoms with Crippen molar-refractivity contribution in [1.82, 2.24) is 0 Å². The molecule has 0 rings (SSSR count). The van der Waals surface area contributed by atoms with Crippen molar-refractivity contribution in [1.29, 1.82) is 0 Å². The summed E-state index contributed by atoms with van der Waals surface area (Å²) in [7, 11) is 0. The summed E-state index contributed by atoms with van der Waals surface area (Å²) in [5, 5.41) is 0. The van der Waals surface area contributed by atoms with E-state index in [4.69, 9.17) is 4.74 Å². The molecule has 0 aliphatic rings. The van der Waals surface area contributed by atoms with Crippen LogP contribution in [0.2, 0.25) is 0 Å². The lowest BCUT2D eigenvalue weighted by Crippen LogP contribution is -2.13. The van der Waals surface area contributed by atoms with Crippen LogP contribution in [0, 0.1) is 35.5 Å². The topological polar surface area (TPSA) is 26.3 Å². The van der Waals surface area contributed by atoms with Gasteiger partial charge in [-0.15, -0.1) is 6.58 Å². The van der Waals surface area contributed by atoms with Crippen LogP contribution in [0.5, 0.6) is 0 Å². The van der Waals surface area contributed by atoms with Crippen LogP contribution in [0.3, 0.4) is 0 Å². The van der Waals surface area contributed by atoms with E-state index in [0.717, 1.165) is 19.3 Å². The van der Waals surface area contributed by atoms with Gasteiger partial charge in [-0.05, 0) is 62.0 Å². The molecule has 0 N–H and O–H groups in total. The van der Waals surface area contributed by atoms with Crippen LogP contribution in [-0.4, -0.2) is 12.1 Å². The summed E-state index contributed by atoms with van der Waals surface area (Å²) in [6.45, 7) is 6.80. The first-order valence-electron chi connectivity index (χ1n) is 6.74. The Bertz CT molecular complexity index is 560. The zero-order chi connectivity index (χ0) is 15.8. The predicted molar refractivity (Wildman–Crippen MR) is 86.9 cm³/mol. The SMILES string of the molecule is C=CCCCC(C=CC=CC#CC#CC#CC)OC(C)=O. The fraction of sp³-hybridized carbons (Fsp3) is 0.316. The van der Waals surface area contributed by atoms with Gasteiger partial charge in [0.2, 0.25) is 0 Å². The molecular formula is C19H20O2. The molecule has 0 spiro atoms. The van der Waals surface area contributed by atoms with E-state index in [1.165, 1.54) is 6.92 Å².